The Hall–Kier alpha value is -1.82. The summed E-state index contributed by atoms with van der Waals surface area (Å²) in [6.07, 6.45) is 1.33. The van der Waals surface area contributed by atoms with Crippen LogP contribution in [0.1, 0.15) is 24.4 Å². The second-order valence-electron chi connectivity index (χ2n) is 3.53. The van der Waals surface area contributed by atoms with Gasteiger partial charge in [0, 0.05) is 5.56 Å². The minimum absolute atomic E-state index is 0.212. The zero-order valence-corrected chi connectivity index (χ0v) is 9.24. The van der Waals surface area contributed by atoms with Crippen LogP contribution in [0.2, 0.25) is 0 Å². The topological polar surface area (TPSA) is 53.6 Å². The number of aromatic amines is 1. The Morgan fingerprint density at radius 1 is 1.41 bits per heavy atom. The van der Waals surface area contributed by atoms with Crippen LogP contribution in [0.3, 0.4) is 0 Å². The monoisotopic (exact) mass is 238 g/mol. The second-order valence-corrected chi connectivity index (χ2v) is 3.53. The number of H-pyrrole nitrogens is 1. The molecule has 0 spiro atoms. The summed E-state index contributed by atoms with van der Waals surface area (Å²) in [6, 6.07) is 2.82. The molecule has 0 aliphatic carbocycles. The van der Waals surface area contributed by atoms with Crippen molar-refractivity contribution in [1.29, 1.82) is 0 Å². The van der Waals surface area contributed by atoms with Crippen LogP contribution in [-0.2, 0) is 0 Å². The molecule has 0 saturated carbocycles. The van der Waals surface area contributed by atoms with Crippen molar-refractivity contribution in [1.82, 2.24) is 20.5 Å². The van der Waals surface area contributed by atoms with Gasteiger partial charge in [-0.05, 0) is 24.7 Å². The van der Waals surface area contributed by atoms with Crippen molar-refractivity contribution in [2.45, 2.75) is 13.0 Å². The van der Waals surface area contributed by atoms with Crippen molar-refractivity contribution in [3.63, 3.8) is 0 Å². The molecule has 90 valence electrons. The van der Waals surface area contributed by atoms with E-state index in [9.17, 15) is 8.78 Å². The van der Waals surface area contributed by atoms with Crippen LogP contribution in [-0.4, -0.2) is 21.7 Å². The number of nitrogens with one attached hydrogen (secondary N) is 2. The lowest BCUT2D eigenvalue weighted by atomic mass is 10.1. The van der Waals surface area contributed by atoms with Gasteiger partial charge in [0.05, 0.1) is 6.04 Å². The largest absolute Gasteiger partial charge is 0.304 e. The first kappa shape index (κ1) is 11.7. The van der Waals surface area contributed by atoms with E-state index in [0.29, 0.717) is 12.4 Å². The molecule has 1 aromatic heterocycles. The van der Waals surface area contributed by atoms with E-state index in [-0.39, 0.29) is 5.56 Å². The summed E-state index contributed by atoms with van der Waals surface area (Å²) < 4.78 is 26.8. The highest BCUT2D eigenvalue weighted by Crippen LogP contribution is 2.22. The van der Waals surface area contributed by atoms with Crippen LogP contribution in [0.5, 0.6) is 0 Å². The van der Waals surface area contributed by atoms with Crippen LogP contribution >= 0.6 is 0 Å². The van der Waals surface area contributed by atoms with Crippen molar-refractivity contribution in [3.8, 4) is 0 Å². The molecule has 2 rings (SSSR count). The van der Waals surface area contributed by atoms with E-state index in [1.165, 1.54) is 6.33 Å². The Balaban J connectivity index is 2.42. The van der Waals surface area contributed by atoms with E-state index in [4.69, 9.17) is 0 Å². The minimum Gasteiger partial charge on any atom is -0.304 e. The fourth-order valence-corrected chi connectivity index (χ4v) is 1.65. The molecule has 1 aromatic carbocycles. The van der Waals surface area contributed by atoms with Crippen LogP contribution in [0.4, 0.5) is 8.78 Å². The molecule has 0 bridgehead atoms. The molecule has 1 unspecified atom stereocenters. The second kappa shape index (κ2) is 5.01. The predicted molar refractivity (Wildman–Crippen MR) is 58.3 cm³/mol. The number of rotatable bonds is 4. The van der Waals surface area contributed by atoms with E-state index >= 15 is 0 Å². The Kier molecular flexibility index (Phi) is 3.43. The minimum atomic E-state index is -0.529. The maximum absolute atomic E-state index is 13.7. The normalized spacial score (nSPS) is 12.6. The summed E-state index contributed by atoms with van der Waals surface area (Å²) >= 11 is 0. The van der Waals surface area contributed by atoms with Crippen molar-refractivity contribution in [3.05, 3.63) is 47.5 Å². The number of nitrogens with zero attached hydrogens (tertiary/aromatic N) is 2. The van der Waals surface area contributed by atoms with E-state index in [1.54, 1.807) is 0 Å². The van der Waals surface area contributed by atoms with E-state index in [2.05, 4.69) is 20.5 Å². The summed E-state index contributed by atoms with van der Waals surface area (Å²) in [5, 5.41) is 9.39. The molecule has 1 heterocycles. The highest BCUT2D eigenvalue weighted by molar-refractivity contribution is 5.26. The molecule has 0 saturated heterocycles. The summed E-state index contributed by atoms with van der Waals surface area (Å²) in [6.45, 7) is 2.47. The smallest absolute Gasteiger partial charge is 0.146 e. The number of aromatic nitrogens is 3. The highest BCUT2D eigenvalue weighted by Gasteiger charge is 2.20. The number of benzene rings is 1. The third-order valence-electron chi connectivity index (χ3n) is 2.38. The molecule has 0 amide bonds. The van der Waals surface area contributed by atoms with E-state index < -0.39 is 17.7 Å². The average Bonchev–Trinajstić information content (AvgIpc) is 2.83. The van der Waals surface area contributed by atoms with Crippen LogP contribution < -0.4 is 5.32 Å². The van der Waals surface area contributed by atoms with Crippen LogP contribution in [0, 0.1) is 11.6 Å². The van der Waals surface area contributed by atoms with E-state index in [0.717, 1.165) is 18.2 Å². The number of halogens is 2. The van der Waals surface area contributed by atoms with Gasteiger partial charge < -0.3 is 5.32 Å². The van der Waals surface area contributed by atoms with Gasteiger partial charge in [-0.3, -0.25) is 5.10 Å². The van der Waals surface area contributed by atoms with Crippen molar-refractivity contribution < 1.29 is 8.78 Å². The lowest BCUT2D eigenvalue weighted by Gasteiger charge is -2.16. The van der Waals surface area contributed by atoms with Gasteiger partial charge in [-0.15, -0.1) is 0 Å². The van der Waals surface area contributed by atoms with Crippen molar-refractivity contribution in [2.75, 3.05) is 6.54 Å². The SMILES string of the molecule is CCNC(c1ncn[nH]1)c1cc(F)ccc1F. The Bertz CT molecular complexity index is 484. The summed E-state index contributed by atoms with van der Waals surface area (Å²) in [4.78, 5) is 3.96. The molecule has 2 aromatic rings. The van der Waals surface area contributed by atoms with Gasteiger partial charge in [0.1, 0.15) is 23.8 Å². The quantitative estimate of drug-likeness (QED) is 0.853. The molecule has 0 radical (unpaired) electrons. The molecule has 6 heteroatoms. The maximum Gasteiger partial charge on any atom is 0.146 e. The molecule has 1 atom stereocenters. The van der Waals surface area contributed by atoms with Gasteiger partial charge in [0.15, 0.2) is 0 Å². The van der Waals surface area contributed by atoms with Crippen LogP contribution in [0.15, 0.2) is 24.5 Å². The first-order valence-electron chi connectivity index (χ1n) is 5.26. The fourth-order valence-electron chi connectivity index (χ4n) is 1.65. The lowest BCUT2D eigenvalue weighted by molar-refractivity contribution is 0.532. The summed E-state index contributed by atoms with van der Waals surface area (Å²) in [5.74, 6) is -0.506. The van der Waals surface area contributed by atoms with Gasteiger partial charge in [0.25, 0.3) is 0 Å². The number of hydrogen-bond donors (Lipinski definition) is 2. The third kappa shape index (κ3) is 2.47. The first-order chi connectivity index (χ1) is 8.22. The first-order valence-corrected chi connectivity index (χ1v) is 5.26. The molecule has 0 fully saturated rings. The zero-order valence-electron chi connectivity index (χ0n) is 9.24. The summed E-state index contributed by atoms with van der Waals surface area (Å²) in [7, 11) is 0. The average molecular weight is 238 g/mol. The standard InChI is InChI=1S/C11H12F2N4/c1-2-14-10(11-15-6-16-17-11)8-5-7(12)3-4-9(8)13/h3-6,10,14H,2H2,1H3,(H,15,16,17). The Morgan fingerprint density at radius 3 is 2.88 bits per heavy atom. The molecule has 2 N–H and O–H groups in total. The Labute approximate surface area is 97.1 Å². The van der Waals surface area contributed by atoms with Crippen molar-refractivity contribution >= 4 is 0 Å². The highest BCUT2D eigenvalue weighted by atomic mass is 19.1. The van der Waals surface area contributed by atoms with Gasteiger partial charge in [-0.2, -0.15) is 5.10 Å². The molecular formula is C11H12F2N4. The summed E-state index contributed by atoms with van der Waals surface area (Å²) in [5.41, 5.74) is 0.212. The zero-order chi connectivity index (χ0) is 12.3. The molecule has 17 heavy (non-hydrogen) atoms. The molecule has 4 nitrogen and oxygen atoms in total. The predicted octanol–water partition coefficient (Wildman–Crippen LogP) is 1.78. The molecule has 0 aliphatic heterocycles. The van der Waals surface area contributed by atoms with Gasteiger partial charge in [-0.1, -0.05) is 6.92 Å². The van der Waals surface area contributed by atoms with Crippen LogP contribution in [0.25, 0.3) is 0 Å². The number of hydrogen-bond acceptors (Lipinski definition) is 3. The van der Waals surface area contributed by atoms with Gasteiger partial charge >= 0.3 is 0 Å². The third-order valence-corrected chi connectivity index (χ3v) is 2.38. The van der Waals surface area contributed by atoms with Crippen molar-refractivity contribution in [2.24, 2.45) is 0 Å². The maximum atomic E-state index is 13.7. The fraction of sp³-hybridized carbons (Fsp3) is 0.273. The molecular weight excluding hydrogens is 226 g/mol. The molecule has 0 aliphatic rings. The van der Waals surface area contributed by atoms with Gasteiger partial charge in [-0.25, -0.2) is 13.8 Å². The lowest BCUT2D eigenvalue weighted by Crippen LogP contribution is -2.24. The Morgan fingerprint density at radius 2 is 2.24 bits per heavy atom. The van der Waals surface area contributed by atoms with Gasteiger partial charge in [0.2, 0.25) is 0 Å². The van der Waals surface area contributed by atoms with E-state index in [1.807, 2.05) is 6.92 Å².